The summed E-state index contributed by atoms with van der Waals surface area (Å²) in [6.45, 7) is -1.34. The van der Waals surface area contributed by atoms with Gasteiger partial charge in [0.15, 0.2) is 5.96 Å². The first kappa shape index (κ1) is 102. The Morgan fingerprint density at radius 3 is 1.38 bits per heavy atom. The third-order valence-corrected chi connectivity index (χ3v) is 24.5. The van der Waals surface area contributed by atoms with Crippen molar-refractivity contribution in [3.05, 3.63) is 72.3 Å². The van der Waals surface area contributed by atoms with E-state index in [2.05, 4.69) is 121 Å². The van der Waals surface area contributed by atoms with Crippen LogP contribution in [0.4, 0.5) is 0 Å². The summed E-state index contributed by atoms with van der Waals surface area (Å²) in [6, 6.07) is -16.7. The summed E-state index contributed by atoms with van der Waals surface area (Å²) in [5.41, 5.74) is 17.7. The molecule has 0 unspecified atom stereocenters. The van der Waals surface area contributed by atoms with Crippen LogP contribution in [0, 0.1) is 5.41 Å². The molecule has 694 valence electrons. The average molecular weight is 1850 g/mol. The molecule has 15 atom stereocenters. The number of aromatic amines is 2. The van der Waals surface area contributed by atoms with Crippen molar-refractivity contribution in [2.24, 2.45) is 17.2 Å². The number of nitrogens with zero attached hydrogens (tertiary/aromatic N) is 3. The van der Waals surface area contributed by atoms with E-state index in [1.54, 1.807) is 30.3 Å². The molecule has 0 aliphatic carbocycles. The molecule has 0 spiro atoms. The monoisotopic (exact) mass is 1850 g/mol. The molecule has 4 aliphatic heterocycles. The highest BCUT2D eigenvalue weighted by atomic mass is 33.1. The third-order valence-electron chi connectivity index (χ3n) is 19.7. The van der Waals surface area contributed by atoms with Gasteiger partial charge in [-0.3, -0.25) is 101 Å². The maximum atomic E-state index is 15.5. The number of guanidine groups is 1. The van der Waals surface area contributed by atoms with Crippen molar-refractivity contribution in [1.82, 2.24) is 126 Å². The van der Waals surface area contributed by atoms with Crippen molar-refractivity contribution in [3.8, 4) is 0 Å². The number of unbranched alkanes of at least 4 members (excludes halogenated alkanes) is 1. The van der Waals surface area contributed by atoms with Gasteiger partial charge in [-0.1, -0.05) is 73.5 Å². The molecule has 4 saturated heterocycles. The van der Waals surface area contributed by atoms with E-state index in [1.807, 2.05) is 0 Å². The number of benzene rings is 1. The van der Waals surface area contributed by atoms with Crippen LogP contribution in [-0.2, 0) is 115 Å². The Hall–Kier alpha value is -12.4. The highest BCUT2D eigenvalue weighted by Crippen LogP contribution is 2.27. The van der Waals surface area contributed by atoms with Crippen molar-refractivity contribution in [2.75, 3.05) is 75.4 Å². The van der Waals surface area contributed by atoms with Crippen LogP contribution in [0.5, 0.6) is 0 Å². The number of aromatic nitrogens is 4. The number of fused-ring (bicyclic) bond motifs is 9. The second-order valence-electron chi connectivity index (χ2n) is 29.6. The number of hydrogen-bond acceptors (Lipinski definition) is 29. The van der Waals surface area contributed by atoms with Crippen molar-refractivity contribution in [2.45, 2.75) is 182 Å². The molecule has 4 bridgehead atoms. The number of aliphatic hydroxyl groups excluding tert-OH is 1. The van der Waals surface area contributed by atoms with Crippen LogP contribution in [0.2, 0.25) is 0 Å². The second kappa shape index (κ2) is 51.9. The average Bonchev–Trinajstić information content (AvgIpc) is 1.74. The molecule has 49 nitrogen and oxygen atoms in total. The minimum atomic E-state index is -1.99. The standard InChI is InChI=1S/C74H108N28O21S4/c1-36-59(109)82-26-58(108)93-46(22-54(76)104)62(112)83-27-56(106)92-43(14-9-17-81-74(77)78)66(116)100-52-33-127-124-30-49-63(113)85-28-57(107)91-42(13-7-8-16-75)65(115)95-45(20-40-23-79-34-86-40)68(118)94-44(19-39-11-5-4-6-12-39)67(117)97-48(29-103)69(119)99-50(64(114)84-25-55(105)88-37(2)60(110)89-36)31-125-126-32-51(101-71(52)121)70(120)96-47(21-41-24-80-35-87-41)73(123)102-18-10-15-53(102)72(122)90-38(3)61(111)98-49/h4-6,11-12,23-24,34-38,42-53,103H,7-10,13-22,25-33,75H2,1-3H3,(H2,76,104)(H,79,86)(H,80,87)(H,82,109)(H,83,112)(H,84,114)(H,85,113)(H,88,105)(H,89,110)(H,90,122)(H,91,107)(H,92,106)(H,93,108)(H,94,118)(H,95,115)(H,96,120)(H,97,117)(H,98,111)(H,99,119)(H,100,116)(H,101,121)(H4,77,78,81)/t36-,37-,38-,42-,43-,44-,45-,46-,47-,48-,49-,50-,51-,52-,53-/m0/s1. The Bertz CT molecular complexity index is 4410. The first-order valence-corrected chi connectivity index (χ1v) is 45.4. The molecular weight excluding hydrogens is 1750 g/mol. The molecule has 3 aromatic rings. The zero-order valence-electron chi connectivity index (χ0n) is 69.4. The lowest BCUT2D eigenvalue weighted by Crippen LogP contribution is -2.61. The van der Waals surface area contributed by atoms with Gasteiger partial charge >= 0.3 is 0 Å². The number of imidazole rings is 2. The Labute approximate surface area is 742 Å². The SMILES string of the molecule is C[C@@H]1NC(=O)CNC(=O)[C@@H]2CSSC[C@@H]3NC(=O)[C@H](CSSC[C@H](NC(=O)[C@H](C)NC(=O)[C@@H]4CCCN4C(=O)[C@H](Cc4c[nH]cn4)NC3=O)C(=O)NCC(=O)N[C@@H](CCCCN)C(=O)N[C@@H](Cc3c[nH]cn3)C(=O)N[C@@H](Cc3ccccc3)C(=O)N[C@@H](CO)C(=O)N2)NC(=O)[C@H](CCCNC(=N)N)NC(=O)CNC(=O)[C@H](CC(N)=O)NC(=O)CNC(=O)[C@H](C)NC1=O. The predicted molar refractivity (Wildman–Crippen MR) is 458 cm³/mol. The van der Waals surface area contributed by atoms with Crippen LogP contribution in [0.3, 0.4) is 0 Å². The van der Waals surface area contributed by atoms with Gasteiger partial charge in [-0.25, -0.2) is 9.97 Å². The first-order chi connectivity index (χ1) is 60.6. The summed E-state index contributed by atoms with van der Waals surface area (Å²) in [5, 5.41) is 65.5. The van der Waals surface area contributed by atoms with Gasteiger partial charge in [-0.15, -0.1) is 0 Å². The van der Waals surface area contributed by atoms with Gasteiger partial charge in [-0.2, -0.15) is 0 Å². The van der Waals surface area contributed by atoms with Crippen molar-refractivity contribution in [3.63, 3.8) is 0 Å². The summed E-state index contributed by atoms with van der Waals surface area (Å²) in [5.74, 6) is -24.0. The van der Waals surface area contributed by atoms with Gasteiger partial charge in [0.1, 0.15) is 90.6 Å². The van der Waals surface area contributed by atoms with Crippen molar-refractivity contribution < 1.29 is 101 Å². The molecular formula is C74H108N28O21S4. The molecule has 2 aromatic heterocycles. The van der Waals surface area contributed by atoms with E-state index in [9.17, 15) is 81.8 Å². The molecule has 1 aromatic carbocycles. The Kier molecular flexibility index (Phi) is 41.6. The van der Waals surface area contributed by atoms with E-state index in [-0.39, 0.29) is 88.8 Å². The van der Waals surface area contributed by atoms with Crippen LogP contribution in [-0.4, -0.2) is 320 Å². The minimum Gasteiger partial charge on any atom is -0.394 e. The van der Waals surface area contributed by atoms with Crippen molar-refractivity contribution >= 4 is 167 Å². The van der Waals surface area contributed by atoms with Gasteiger partial charge in [0.2, 0.25) is 118 Å². The van der Waals surface area contributed by atoms with Gasteiger partial charge < -0.3 is 138 Å². The molecule has 4 aliphatic rings. The number of nitrogens with two attached hydrogens (primary N) is 3. The summed E-state index contributed by atoms with van der Waals surface area (Å²) in [6.07, 6.45) is 3.67. The molecule has 7 rings (SSSR count). The van der Waals surface area contributed by atoms with Crippen LogP contribution in [0.25, 0.3) is 0 Å². The van der Waals surface area contributed by atoms with E-state index in [0.29, 0.717) is 12.0 Å². The van der Waals surface area contributed by atoms with Gasteiger partial charge in [0, 0.05) is 67.8 Å². The summed E-state index contributed by atoms with van der Waals surface area (Å²) >= 11 is 0. The maximum Gasteiger partial charge on any atom is 0.246 e. The van der Waals surface area contributed by atoms with Gasteiger partial charge in [0.05, 0.1) is 63.2 Å². The molecule has 53 heteroatoms. The lowest BCUT2D eigenvalue weighted by Gasteiger charge is -2.31. The molecule has 127 heavy (non-hydrogen) atoms. The van der Waals surface area contributed by atoms with E-state index >= 15 is 19.2 Å². The van der Waals surface area contributed by atoms with E-state index in [1.165, 1.54) is 45.8 Å². The molecule has 4 fully saturated rings. The van der Waals surface area contributed by atoms with Crippen LogP contribution in [0.15, 0.2) is 55.4 Å². The number of hydrogen-bond donors (Lipinski definition) is 26. The number of H-pyrrole nitrogens is 2. The number of carbonyl (C=O) groups is 20. The van der Waals surface area contributed by atoms with Crippen molar-refractivity contribution in [1.29, 1.82) is 5.41 Å². The number of rotatable bonds is 17. The fourth-order valence-corrected chi connectivity index (χ4v) is 17.5. The van der Waals surface area contributed by atoms with Crippen LogP contribution < -0.4 is 118 Å². The lowest BCUT2D eigenvalue weighted by molar-refractivity contribution is -0.142. The Morgan fingerprint density at radius 2 is 0.858 bits per heavy atom. The Balaban J connectivity index is 1.39. The summed E-state index contributed by atoms with van der Waals surface area (Å²) in [4.78, 5) is 302. The third kappa shape index (κ3) is 34.1. The topological polar surface area (TPSA) is 753 Å². The first-order valence-electron chi connectivity index (χ1n) is 40.4. The number of carbonyl (C=O) groups excluding carboxylic acids is 20. The van der Waals surface area contributed by atoms with E-state index in [4.69, 9.17) is 22.6 Å². The van der Waals surface area contributed by atoms with Gasteiger partial charge in [0.25, 0.3) is 0 Å². The highest BCUT2D eigenvalue weighted by molar-refractivity contribution is 8.77. The fraction of sp³-hybridized carbons (Fsp3) is 0.554. The van der Waals surface area contributed by atoms with Gasteiger partial charge in [-0.05, 0) is 77.8 Å². The Morgan fingerprint density at radius 1 is 0.449 bits per heavy atom. The van der Waals surface area contributed by atoms with E-state index < -0.39 is 277 Å². The zero-order valence-corrected chi connectivity index (χ0v) is 72.7. The lowest BCUT2D eigenvalue weighted by atomic mass is 10.0. The smallest absolute Gasteiger partial charge is 0.246 e. The number of nitrogens with one attached hydrogen (secondary N) is 22. The zero-order chi connectivity index (χ0) is 92.8. The quantitative estimate of drug-likeness (QED) is 0.0258. The number of primary amides is 1. The molecule has 29 N–H and O–H groups in total. The predicted octanol–water partition coefficient (Wildman–Crippen LogP) is -11.5. The summed E-state index contributed by atoms with van der Waals surface area (Å²) in [7, 11) is 3.01. The molecule has 6 heterocycles. The normalized spacial score (nSPS) is 26.7. The molecule has 20 amide bonds. The van der Waals surface area contributed by atoms with Crippen LogP contribution >= 0.6 is 43.2 Å². The molecule has 0 saturated carbocycles. The maximum absolute atomic E-state index is 15.5. The highest BCUT2D eigenvalue weighted by Gasteiger charge is 2.42. The van der Waals surface area contributed by atoms with Crippen LogP contribution in [0.1, 0.15) is 89.1 Å². The number of amides is 20. The molecule has 0 radical (unpaired) electrons. The second-order valence-corrected chi connectivity index (χ2v) is 34.7. The summed E-state index contributed by atoms with van der Waals surface area (Å²) < 4.78 is 0. The van der Waals surface area contributed by atoms with E-state index in [0.717, 1.165) is 48.1 Å². The number of aliphatic hydroxyl groups is 1. The largest absolute Gasteiger partial charge is 0.394 e. The fourth-order valence-electron chi connectivity index (χ4n) is 12.8. The minimum absolute atomic E-state index is 0.0268.